The van der Waals surface area contributed by atoms with E-state index in [0.717, 1.165) is 28.4 Å². The molecular weight excluding hydrogens is 413 g/mol. The lowest BCUT2D eigenvalue weighted by Crippen LogP contribution is -2.38. The first-order valence-electron chi connectivity index (χ1n) is 13.6. The van der Waals surface area contributed by atoms with E-state index < -0.39 is 73.3 Å². The third-order valence-corrected chi connectivity index (χ3v) is 5.60. The van der Waals surface area contributed by atoms with Gasteiger partial charge in [-0.1, -0.05) is 13.8 Å². The minimum Gasteiger partial charge on any atom is -0.366 e. The molecule has 31 heavy (non-hydrogen) atoms. The zero-order chi connectivity index (χ0) is 30.0. The van der Waals surface area contributed by atoms with Crippen LogP contribution >= 0.6 is 11.3 Å². The quantitative estimate of drug-likeness (QED) is 0.630. The van der Waals surface area contributed by atoms with E-state index in [1.54, 1.807) is 26.0 Å². The summed E-state index contributed by atoms with van der Waals surface area (Å²) in [5.74, 6) is -2.66. The molecule has 1 unspecified atom stereocenters. The van der Waals surface area contributed by atoms with Gasteiger partial charge in [0.2, 0.25) is 0 Å². The van der Waals surface area contributed by atoms with Crippen molar-refractivity contribution < 1.29 is 16.8 Å². The summed E-state index contributed by atoms with van der Waals surface area (Å²) in [4.78, 5) is 13.1. The van der Waals surface area contributed by atoms with Crippen LogP contribution in [0.3, 0.4) is 0 Å². The summed E-state index contributed by atoms with van der Waals surface area (Å²) < 4.78 is 91.8. The van der Waals surface area contributed by atoms with Crippen molar-refractivity contribution in [2.45, 2.75) is 45.0 Å². The van der Waals surface area contributed by atoms with Crippen molar-refractivity contribution in [3.05, 3.63) is 46.0 Å². The standard InChI is InChI=1S/C22H22FN7S/c1-13(2)22-29-21-19(31-22)20(26-12-27-21)28-17-3-5-30(6-4-17)11-14-7-15(9-24)18(23)16(8-14)10-25/h7-8,12-13,17H,3-6,11H2,1-2H3,(H,26,27,28)/i3D2,4D2,11D,12D,13D,17D/hD. The highest BCUT2D eigenvalue weighted by atomic mass is 32.1. The Hall–Kier alpha value is -3.14. The Kier molecular flexibility index (Phi) is 3.64. The number of fused-ring (bicyclic) bond motifs is 1. The zero-order valence-electron chi connectivity index (χ0n) is 25.6. The van der Waals surface area contributed by atoms with Gasteiger partial charge in [0.05, 0.1) is 17.5 Å². The van der Waals surface area contributed by atoms with Crippen LogP contribution in [0.25, 0.3) is 10.3 Å². The van der Waals surface area contributed by atoms with E-state index in [1.807, 2.05) is 0 Å². The van der Waals surface area contributed by atoms with Crippen LogP contribution in [-0.4, -0.2) is 39.0 Å². The van der Waals surface area contributed by atoms with E-state index >= 15 is 0 Å². The molecule has 0 radical (unpaired) electrons. The summed E-state index contributed by atoms with van der Waals surface area (Å²) in [6.07, 6.45) is -6.27. The Morgan fingerprint density at radius 1 is 1.42 bits per heavy atom. The maximum atomic E-state index is 14.2. The highest BCUT2D eigenvalue weighted by Gasteiger charge is 2.22. The summed E-state index contributed by atoms with van der Waals surface area (Å²) in [5.41, 5.74) is -1.09. The van der Waals surface area contributed by atoms with Gasteiger partial charge < -0.3 is 5.31 Å². The van der Waals surface area contributed by atoms with Crippen molar-refractivity contribution in [2.75, 3.05) is 18.4 Å². The molecule has 1 atom stereocenters. The number of nitrogens with one attached hydrogen (secondary N) is 1. The number of benzene rings is 1. The van der Waals surface area contributed by atoms with Gasteiger partial charge in [-0.2, -0.15) is 10.5 Å². The zero-order valence-corrected chi connectivity index (χ0v) is 17.4. The fourth-order valence-electron chi connectivity index (χ4n) is 2.84. The van der Waals surface area contributed by atoms with E-state index in [1.165, 1.54) is 0 Å². The summed E-state index contributed by atoms with van der Waals surface area (Å²) >= 11 is 0.921. The van der Waals surface area contributed by atoms with Crippen LogP contribution in [0.2, 0.25) is 1.41 Å². The van der Waals surface area contributed by atoms with Gasteiger partial charge in [-0.3, -0.25) is 4.90 Å². The number of aromatic nitrogens is 3. The second kappa shape index (κ2) is 8.93. The van der Waals surface area contributed by atoms with Crippen molar-refractivity contribution in [1.82, 2.24) is 19.9 Å². The number of nitriles is 2. The van der Waals surface area contributed by atoms with Crippen molar-refractivity contribution in [3.63, 3.8) is 0 Å². The van der Waals surface area contributed by atoms with Crippen LogP contribution in [-0.2, 0) is 6.52 Å². The maximum Gasteiger partial charge on any atom is 0.175 e. The number of halogens is 1. The number of thiazole rings is 1. The van der Waals surface area contributed by atoms with Crippen LogP contribution in [0.4, 0.5) is 10.2 Å². The molecule has 3 heterocycles. The van der Waals surface area contributed by atoms with Gasteiger partial charge in [-0.05, 0) is 30.4 Å². The molecule has 2 aromatic heterocycles. The largest absolute Gasteiger partial charge is 0.366 e. The molecule has 9 heteroatoms. The summed E-state index contributed by atoms with van der Waals surface area (Å²) in [7, 11) is 0. The van der Waals surface area contributed by atoms with Gasteiger partial charge in [0.1, 0.15) is 30.3 Å². The normalized spacial score (nSPS) is 25.0. The monoisotopic (exact) mass is 444 g/mol. The first-order chi connectivity index (χ1) is 18.4. The van der Waals surface area contributed by atoms with Gasteiger partial charge in [0.15, 0.2) is 12.9 Å². The molecule has 1 aliphatic heterocycles. The lowest BCUT2D eigenvalue weighted by atomic mass is 10.0. The second-order valence-corrected chi connectivity index (χ2v) is 7.82. The Labute approximate surface area is 196 Å². The van der Waals surface area contributed by atoms with Crippen LogP contribution in [0.5, 0.6) is 0 Å². The lowest BCUT2D eigenvalue weighted by Gasteiger charge is -2.32. The van der Waals surface area contributed by atoms with E-state index in [0.29, 0.717) is 0 Å². The lowest BCUT2D eigenvalue weighted by molar-refractivity contribution is 0.211. The Bertz CT molecular complexity index is 1520. The molecule has 0 aliphatic carbocycles. The third kappa shape index (κ3) is 4.48. The highest BCUT2D eigenvalue weighted by molar-refractivity contribution is 7.19. The van der Waals surface area contributed by atoms with E-state index in [2.05, 4.69) is 15.0 Å². The van der Waals surface area contributed by atoms with Crippen LogP contribution in [0.15, 0.2) is 18.4 Å². The van der Waals surface area contributed by atoms with E-state index in [4.69, 9.17) is 12.4 Å². The molecule has 0 bridgehead atoms. The van der Waals surface area contributed by atoms with Crippen molar-refractivity contribution in [2.24, 2.45) is 0 Å². The molecule has 7 nitrogen and oxygen atoms in total. The van der Waals surface area contributed by atoms with Crippen molar-refractivity contribution in [3.8, 4) is 12.1 Å². The van der Waals surface area contributed by atoms with Gasteiger partial charge in [-0.25, -0.2) is 19.3 Å². The number of hydrogen-bond donors (Lipinski definition) is 1. The molecule has 0 spiro atoms. The fourth-order valence-corrected chi connectivity index (χ4v) is 3.73. The first kappa shape index (κ1) is 12.7. The molecule has 4 rings (SSSR count). The van der Waals surface area contributed by atoms with Crippen LogP contribution in [0, 0.1) is 28.5 Å². The van der Waals surface area contributed by atoms with Gasteiger partial charge in [0.25, 0.3) is 0 Å². The van der Waals surface area contributed by atoms with Crippen molar-refractivity contribution in [1.29, 1.82) is 10.5 Å². The molecule has 158 valence electrons. The Balaban J connectivity index is 1.77. The van der Waals surface area contributed by atoms with Gasteiger partial charge in [-0.15, -0.1) is 11.3 Å². The summed E-state index contributed by atoms with van der Waals surface area (Å²) in [6, 6.07) is 2.29. The smallest absolute Gasteiger partial charge is 0.175 e. The fraction of sp³-hybridized carbons (Fsp3) is 0.409. The predicted octanol–water partition coefficient (Wildman–Crippen LogP) is 4.17. The van der Waals surface area contributed by atoms with Crippen LogP contribution in [0.1, 0.15) is 65.2 Å². The van der Waals surface area contributed by atoms with Gasteiger partial charge >= 0.3 is 0 Å². The molecule has 1 aliphatic rings. The molecule has 1 aromatic carbocycles. The Morgan fingerprint density at radius 3 is 2.71 bits per heavy atom. The SMILES string of the molecule is [2H]c1nc(N([2H])C2([2H])C([2H])([2H])CN(C([2H])c3cc(C#N)c(F)c(C#N)c3)CC2([2H])[2H])c2sc(C([2H])(C)C)nc2n1. The third-order valence-electron chi connectivity index (χ3n) is 4.34. The molecule has 3 aromatic rings. The molecular formula is C22H22FN7S. The minimum absolute atomic E-state index is 0.0427. The summed E-state index contributed by atoms with van der Waals surface area (Å²) in [6.45, 7) is 0.137. The van der Waals surface area contributed by atoms with Gasteiger partial charge in [0, 0.05) is 39.7 Å². The molecule has 1 N–H and O–H groups in total. The average molecular weight is 445 g/mol. The van der Waals surface area contributed by atoms with E-state index in [9.17, 15) is 14.9 Å². The maximum absolute atomic E-state index is 14.2. The Morgan fingerprint density at radius 2 is 2.10 bits per heavy atom. The molecule has 1 fully saturated rings. The topological polar surface area (TPSA) is 102 Å². The number of rotatable bonds is 5. The number of piperidine rings is 1. The second-order valence-electron chi connectivity index (χ2n) is 6.82. The molecule has 0 amide bonds. The number of nitrogens with zero attached hydrogens (tertiary/aromatic N) is 6. The molecule has 1 saturated heterocycles. The first-order valence-corrected chi connectivity index (χ1v) is 9.94. The number of likely N-dealkylation sites (tertiary alicyclic amines) is 1. The predicted molar refractivity (Wildman–Crippen MR) is 117 cm³/mol. The highest BCUT2D eigenvalue weighted by Crippen LogP contribution is 2.31. The number of hydrogen-bond acceptors (Lipinski definition) is 8. The minimum atomic E-state index is -2.96. The van der Waals surface area contributed by atoms with Crippen molar-refractivity contribution >= 4 is 27.5 Å². The summed E-state index contributed by atoms with van der Waals surface area (Å²) in [5, 5.41) is 19.0. The average Bonchev–Trinajstić information content (AvgIpc) is 3.30. The number of anilines is 1. The van der Waals surface area contributed by atoms with E-state index in [-0.39, 0.29) is 26.2 Å². The molecule has 0 saturated carbocycles. The van der Waals surface area contributed by atoms with Crippen LogP contribution < -0.4 is 5.31 Å².